The van der Waals surface area contributed by atoms with E-state index >= 15 is 0 Å². The highest BCUT2D eigenvalue weighted by molar-refractivity contribution is 5.76. The highest BCUT2D eigenvalue weighted by atomic mass is 19.1. The maximum atomic E-state index is 13.4. The van der Waals surface area contributed by atoms with E-state index in [1.807, 2.05) is 18.7 Å². The van der Waals surface area contributed by atoms with Crippen LogP contribution in [0.25, 0.3) is 11.0 Å². The molecular formula is C15H19FN4. The number of nitriles is 1. The summed E-state index contributed by atoms with van der Waals surface area (Å²) in [5, 5.41) is 8.82. The van der Waals surface area contributed by atoms with Crippen molar-refractivity contribution in [1.29, 1.82) is 5.26 Å². The minimum atomic E-state index is -0.285. The fourth-order valence-electron chi connectivity index (χ4n) is 2.55. The van der Waals surface area contributed by atoms with Crippen LogP contribution in [0.4, 0.5) is 4.39 Å². The number of hydrogen-bond donors (Lipinski definition) is 0. The first kappa shape index (κ1) is 14.5. The van der Waals surface area contributed by atoms with Crippen LogP contribution in [0.2, 0.25) is 0 Å². The molecule has 1 heterocycles. The van der Waals surface area contributed by atoms with Crippen molar-refractivity contribution in [3.8, 4) is 6.07 Å². The van der Waals surface area contributed by atoms with Gasteiger partial charge in [0.15, 0.2) is 0 Å². The zero-order valence-corrected chi connectivity index (χ0v) is 12.1. The lowest BCUT2D eigenvalue weighted by Gasteiger charge is -2.23. The molecule has 0 fully saturated rings. The summed E-state index contributed by atoms with van der Waals surface area (Å²) in [5.41, 5.74) is 1.54. The Balaban J connectivity index is 2.59. The molecule has 1 unspecified atom stereocenters. The maximum Gasteiger partial charge on any atom is 0.127 e. The van der Waals surface area contributed by atoms with Crippen molar-refractivity contribution in [2.75, 3.05) is 14.1 Å². The maximum absolute atomic E-state index is 13.4. The van der Waals surface area contributed by atoms with Gasteiger partial charge in [0, 0.05) is 12.6 Å². The molecule has 106 valence electrons. The second-order valence-electron chi connectivity index (χ2n) is 5.05. The predicted octanol–water partition coefficient (Wildman–Crippen LogP) is 3.10. The summed E-state index contributed by atoms with van der Waals surface area (Å²) in [6.07, 6.45) is 1.32. The summed E-state index contributed by atoms with van der Waals surface area (Å²) >= 11 is 0. The second kappa shape index (κ2) is 6.02. The second-order valence-corrected chi connectivity index (χ2v) is 5.05. The molecule has 2 rings (SSSR count). The molecular weight excluding hydrogens is 255 g/mol. The van der Waals surface area contributed by atoms with E-state index in [4.69, 9.17) is 5.26 Å². The molecule has 2 aromatic rings. The topological polar surface area (TPSA) is 44.9 Å². The first-order chi connectivity index (χ1) is 9.58. The van der Waals surface area contributed by atoms with Crippen LogP contribution in [0.5, 0.6) is 0 Å². The Bertz CT molecular complexity index is 639. The van der Waals surface area contributed by atoms with Crippen LogP contribution < -0.4 is 0 Å². The number of halogens is 1. The lowest BCUT2D eigenvalue weighted by atomic mass is 10.2. The van der Waals surface area contributed by atoms with Gasteiger partial charge in [-0.25, -0.2) is 9.37 Å². The Labute approximate surface area is 118 Å². The van der Waals surface area contributed by atoms with Crippen LogP contribution in [-0.2, 0) is 6.54 Å². The average molecular weight is 274 g/mol. The van der Waals surface area contributed by atoms with Gasteiger partial charge in [0.05, 0.1) is 29.6 Å². The van der Waals surface area contributed by atoms with Crippen LogP contribution in [0, 0.1) is 17.1 Å². The molecule has 1 atom stereocenters. The Morgan fingerprint density at radius 3 is 2.80 bits per heavy atom. The van der Waals surface area contributed by atoms with E-state index in [0.29, 0.717) is 18.5 Å². The fraction of sp³-hybridized carbons (Fsp3) is 0.467. The molecule has 0 amide bonds. The first-order valence-corrected chi connectivity index (χ1v) is 6.77. The minimum Gasteiger partial charge on any atom is -0.326 e. The Kier molecular flexibility index (Phi) is 4.35. The molecule has 0 radical (unpaired) electrons. The largest absolute Gasteiger partial charge is 0.326 e. The number of imidazole rings is 1. The number of hydrogen-bond acceptors (Lipinski definition) is 3. The summed E-state index contributed by atoms with van der Waals surface area (Å²) < 4.78 is 15.4. The molecule has 0 bridgehead atoms. The fourth-order valence-corrected chi connectivity index (χ4v) is 2.55. The van der Waals surface area contributed by atoms with Gasteiger partial charge in [-0.3, -0.25) is 4.90 Å². The monoisotopic (exact) mass is 274 g/mol. The summed E-state index contributed by atoms with van der Waals surface area (Å²) in [6, 6.07) is 6.94. The van der Waals surface area contributed by atoms with Gasteiger partial charge in [-0.05, 0) is 32.6 Å². The van der Waals surface area contributed by atoms with Gasteiger partial charge in [0.1, 0.15) is 11.6 Å². The van der Waals surface area contributed by atoms with Crippen molar-refractivity contribution in [3.63, 3.8) is 0 Å². The summed E-state index contributed by atoms with van der Waals surface area (Å²) in [6.45, 7) is 2.68. The van der Waals surface area contributed by atoms with Crippen molar-refractivity contribution >= 4 is 11.0 Å². The third kappa shape index (κ3) is 2.66. The first-order valence-electron chi connectivity index (χ1n) is 6.77. The molecule has 0 saturated carbocycles. The zero-order valence-electron chi connectivity index (χ0n) is 12.1. The highest BCUT2D eigenvalue weighted by Crippen LogP contribution is 2.26. The van der Waals surface area contributed by atoms with E-state index in [1.54, 1.807) is 6.07 Å². The van der Waals surface area contributed by atoms with Crippen LogP contribution in [0.1, 0.15) is 31.6 Å². The van der Waals surface area contributed by atoms with E-state index in [1.165, 1.54) is 12.1 Å². The molecule has 4 nitrogen and oxygen atoms in total. The molecule has 1 aromatic heterocycles. The molecule has 0 N–H and O–H groups in total. The standard InChI is InChI=1S/C15H19FN4/c1-4-13(19(2)3)15-18-12-10-11(16)6-7-14(12)20(15)9-5-8-17/h6-7,10,13H,4-5,9H2,1-3H3. The van der Waals surface area contributed by atoms with Gasteiger partial charge in [0.25, 0.3) is 0 Å². The van der Waals surface area contributed by atoms with Crippen molar-refractivity contribution in [2.45, 2.75) is 32.4 Å². The van der Waals surface area contributed by atoms with Crippen molar-refractivity contribution < 1.29 is 4.39 Å². The minimum absolute atomic E-state index is 0.157. The molecule has 0 saturated heterocycles. The third-order valence-electron chi connectivity index (χ3n) is 3.50. The molecule has 0 aliphatic heterocycles. The van der Waals surface area contributed by atoms with Crippen LogP contribution in [0.15, 0.2) is 18.2 Å². The average Bonchev–Trinajstić information content (AvgIpc) is 2.74. The van der Waals surface area contributed by atoms with Crippen molar-refractivity contribution in [1.82, 2.24) is 14.5 Å². The van der Waals surface area contributed by atoms with Gasteiger partial charge >= 0.3 is 0 Å². The van der Waals surface area contributed by atoms with E-state index in [-0.39, 0.29) is 11.9 Å². The smallest absolute Gasteiger partial charge is 0.127 e. The normalized spacial score (nSPS) is 12.8. The van der Waals surface area contributed by atoms with E-state index in [0.717, 1.165) is 17.8 Å². The van der Waals surface area contributed by atoms with Crippen LogP contribution >= 0.6 is 0 Å². The summed E-state index contributed by atoms with van der Waals surface area (Å²) in [5.74, 6) is 0.611. The Hall–Kier alpha value is -1.93. The SMILES string of the molecule is CCC(c1nc2cc(F)ccc2n1CCC#N)N(C)C. The molecule has 0 aliphatic rings. The number of aryl methyl sites for hydroxylation is 1. The Morgan fingerprint density at radius 2 is 2.20 bits per heavy atom. The van der Waals surface area contributed by atoms with Gasteiger partial charge in [-0.1, -0.05) is 6.92 Å². The number of benzene rings is 1. The lowest BCUT2D eigenvalue weighted by molar-refractivity contribution is 0.273. The zero-order chi connectivity index (χ0) is 14.7. The summed E-state index contributed by atoms with van der Waals surface area (Å²) in [7, 11) is 4.01. The van der Waals surface area contributed by atoms with E-state index in [2.05, 4.69) is 22.9 Å². The molecule has 0 spiro atoms. The lowest BCUT2D eigenvalue weighted by Crippen LogP contribution is -2.23. The number of fused-ring (bicyclic) bond motifs is 1. The molecule has 1 aromatic carbocycles. The van der Waals surface area contributed by atoms with Gasteiger partial charge in [0.2, 0.25) is 0 Å². The highest BCUT2D eigenvalue weighted by Gasteiger charge is 2.20. The van der Waals surface area contributed by atoms with E-state index in [9.17, 15) is 4.39 Å². The number of rotatable bonds is 5. The van der Waals surface area contributed by atoms with Crippen LogP contribution in [0.3, 0.4) is 0 Å². The third-order valence-corrected chi connectivity index (χ3v) is 3.50. The molecule has 5 heteroatoms. The molecule has 0 aliphatic carbocycles. The van der Waals surface area contributed by atoms with Crippen molar-refractivity contribution in [2.24, 2.45) is 0 Å². The number of aromatic nitrogens is 2. The predicted molar refractivity (Wildman–Crippen MR) is 76.6 cm³/mol. The van der Waals surface area contributed by atoms with Gasteiger partial charge in [-0.15, -0.1) is 0 Å². The van der Waals surface area contributed by atoms with E-state index < -0.39 is 0 Å². The quantitative estimate of drug-likeness (QED) is 0.841. The number of nitrogens with zero attached hydrogens (tertiary/aromatic N) is 4. The molecule has 20 heavy (non-hydrogen) atoms. The van der Waals surface area contributed by atoms with Gasteiger partial charge < -0.3 is 4.57 Å². The van der Waals surface area contributed by atoms with Gasteiger partial charge in [-0.2, -0.15) is 5.26 Å². The Morgan fingerprint density at radius 1 is 1.45 bits per heavy atom. The summed E-state index contributed by atoms with van der Waals surface area (Å²) in [4.78, 5) is 6.69. The van der Waals surface area contributed by atoms with Crippen molar-refractivity contribution in [3.05, 3.63) is 29.8 Å². The van der Waals surface area contributed by atoms with Crippen LogP contribution in [-0.4, -0.2) is 28.5 Å².